The molecule has 3 aromatic carbocycles. The molecule has 14 nitrogen and oxygen atoms in total. The van der Waals surface area contributed by atoms with Gasteiger partial charge in [0.1, 0.15) is 16.4 Å². The SMILES string of the molecule is Cc1c2[nH]c3c1C(=O)CC3=C1NC(=Cc3cc(C(C)C)c([nH]3)C=c3[nH]c(c(C)c3C)=C2)C(C)C1CCC(=O)Nc1ccc(SC2C(C=CC3=[N+](CCCCS(C)(=O)=O)c4ccc5ccccc5c4C3(C)C)=CC=CC2=CC=C2N(CCCCS(=O)(=O)[O-])C3=C(C4C=CC=CC4C=C3)C2(C)C)cc1. The van der Waals surface area contributed by atoms with E-state index in [0.29, 0.717) is 44.5 Å². The van der Waals surface area contributed by atoms with Crippen LogP contribution < -0.4 is 21.3 Å². The highest BCUT2D eigenvalue weighted by molar-refractivity contribution is 8.00. The first-order valence-corrected chi connectivity index (χ1v) is 40.6. The maximum absolute atomic E-state index is 14.4. The molecule has 4 aliphatic carbocycles. The number of thioether (sulfide) groups is 1. The molecule has 14 rings (SSSR count). The van der Waals surface area contributed by atoms with Crippen LogP contribution in [0.15, 0.2) is 190 Å². The summed E-state index contributed by atoms with van der Waals surface area (Å²) < 4.78 is 62.6. The predicted molar refractivity (Wildman–Crippen MR) is 415 cm³/mol. The lowest BCUT2D eigenvalue weighted by Gasteiger charge is -2.33. The van der Waals surface area contributed by atoms with Crippen LogP contribution in [-0.4, -0.2) is 99.3 Å². The molecule has 8 aliphatic rings. The number of nitrogens with one attached hydrogen (secondary N) is 5. The minimum Gasteiger partial charge on any atom is -0.748 e. The summed E-state index contributed by atoms with van der Waals surface area (Å²) >= 11 is 1.73. The molecule has 8 bridgehead atoms. The molecule has 0 saturated carbocycles. The summed E-state index contributed by atoms with van der Waals surface area (Å²) in [6, 6.07) is 23.3. The summed E-state index contributed by atoms with van der Waals surface area (Å²) in [4.78, 5) is 43.1. The number of rotatable bonds is 20. The van der Waals surface area contributed by atoms with Gasteiger partial charge in [0.25, 0.3) is 0 Å². The van der Waals surface area contributed by atoms with E-state index in [9.17, 15) is 31.0 Å². The summed E-state index contributed by atoms with van der Waals surface area (Å²) in [5, 5.41) is 11.3. The number of carbonyl (C=O) groups is 2. The van der Waals surface area contributed by atoms with Crippen LogP contribution in [0.2, 0.25) is 0 Å². The van der Waals surface area contributed by atoms with Gasteiger partial charge in [0.05, 0.1) is 32.2 Å². The molecule has 1 saturated heterocycles. The number of Topliss-reactive ketones (excluding diaryl/α,β-unsaturated/α-hetero) is 1. The van der Waals surface area contributed by atoms with Crippen molar-refractivity contribution in [2.45, 2.75) is 136 Å². The Balaban J connectivity index is 0.771. The number of benzene rings is 3. The quantitative estimate of drug-likeness (QED) is 0.0278. The summed E-state index contributed by atoms with van der Waals surface area (Å²) in [6.07, 6.45) is 39.7. The number of aromatic amines is 3. The fourth-order valence-corrected chi connectivity index (χ4v) is 19.5. The molecular formula is C85H93N7O7S3. The Bertz CT molecular complexity index is 5270. The number of unbranched alkanes of at least 4 members (excludes halogenated alkanes) is 2. The van der Waals surface area contributed by atoms with E-state index >= 15 is 0 Å². The first-order valence-electron chi connectivity index (χ1n) is 36.1. The zero-order valence-electron chi connectivity index (χ0n) is 60.3. The predicted octanol–water partition coefficient (Wildman–Crippen LogP) is 15.5. The zero-order valence-corrected chi connectivity index (χ0v) is 62.8. The molecule has 102 heavy (non-hydrogen) atoms. The molecule has 0 radical (unpaired) electrons. The number of sulfone groups is 1. The smallest absolute Gasteiger partial charge is 0.224 e. The summed E-state index contributed by atoms with van der Waals surface area (Å²) in [5.41, 5.74) is 21.0. The van der Waals surface area contributed by atoms with Crippen LogP contribution in [0, 0.1) is 49.9 Å². The minimum absolute atomic E-state index is 0.00364. The van der Waals surface area contributed by atoms with Crippen LogP contribution in [0.3, 0.4) is 0 Å². The van der Waals surface area contributed by atoms with Gasteiger partial charge in [-0.3, -0.25) is 9.59 Å². The Kier molecular flexibility index (Phi) is 18.9. The van der Waals surface area contributed by atoms with Crippen LogP contribution >= 0.6 is 11.8 Å². The maximum Gasteiger partial charge on any atom is 0.224 e. The number of ketones is 1. The van der Waals surface area contributed by atoms with Crippen LogP contribution in [0.5, 0.6) is 0 Å². The molecule has 6 aromatic rings. The Labute approximate surface area is 604 Å². The lowest BCUT2D eigenvalue weighted by atomic mass is 9.69. The van der Waals surface area contributed by atoms with Crippen LogP contribution in [0.1, 0.15) is 160 Å². The maximum atomic E-state index is 14.4. The molecule has 17 heteroatoms. The molecule has 4 aliphatic heterocycles. The first-order chi connectivity index (χ1) is 48.6. The highest BCUT2D eigenvalue weighted by Crippen LogP contribution is 2.55. The number of fused-ring (bicyclic) bond motifs is 12. The molecule has 5 N–H and O–H groups in total. The topological polar surface area (TPSA) is 203 Å². The van der Waals surface area contributed by atoms with Crippen molar-refractivity contribution in [3.05, 3.63) is 252 Å². The van der Waals surface area contributed by atoms with E-state index < -0.39 is 36.5 Å². The highest BCUT2D eigenvalue weighted by Gasteiger charge is 2.48. The van der Waals surface area contributed by atoms with Crippen molar-refractivity contribution < 1.29 is 35.6 Å². The molecule has 0 spiro atoms. The van der Waals surface area contributed by atoms with Crippen LogP contribution in [0.25, 0.3) is 34.6 Å². The molecule has 3 aromatic heterocycles. The number of H-pyrrole nitrogens is 3. The third-order valence-corrected chi connectivity index (χ3v) is 25.7. The van der Waals surface area contributed by atoms with Gasteiger partial charge in [-0.2, -0.15) is 4.58 Å². The van der Waals surface area contributed by atoms with Crippen molar-refractivity contribution in [1.29, 1.82) is 0 Å². The first kappa shape index (κ1) is 70.3. The van der Waals surface area contributed by atoms with E-state index in [1.165, 1.54) is 33.9 Å². The van der Waals surface area contributed by atoms with Gasteiger partial charge in [-0.25, -0.2) is 16.8 Å². The van der Waals surface area contributed by atoms with E-state index in [0.717, 1.165) is 111 Å². The van der Waals surface area contributed by atoms with Crippen molar-refractivity contribution >= 4 is 95.1 Å². The van der Waals surface area contributed by atoms with E-state index in [1.54, 1.807) is 11.8 Å². The minimum atomic E-state index is -4.37. The number of anilines is 1. The van der Waals surface area contributed by atoms with Gasteiger partial charge in [-0.05, 0) is 183 Å². The molecular weight excluding hydrogens is 1330 g/mol. The summed E-state index contributed by atoms with van der Waals surface area (Å²) in [7, 11) is -7.51. The second-order valence-corrected chi connectivity index (χ2v) is 35.4. The average molecular weight is 1420 g/mol. The third-order valence-electron chi connectivity index (χ3n) is 22.5. The number of nitrogens with zero attached hydrogens (tertiary/aromatic N) is 2. The van der Waals surface area contributed by atoms with Gasteiger partial charge in [-0.1, -0.05) is 120 Å². The number of carbonyl (C=O) groups excluding carboxylic acids is 2. The highest BCUT2D eigenvalue weighted by atomic mass is 32.2. The normalized spacial score (nSPS) is 22.3. The fourth-order valence-electron chi connectivity index (χ4n) is 17.1. The van der Waals surface area contributed by atoms with E-state index in [1.807, 2.05) is 19.1 Å². The van der Waals surface area contributed by atoms with Gasteiger partial charge in [0.2, 0.25) is 11.6 Å². The summed E-state index contributed by atoms with van der Waals surface area (Å²) in [6.45, 7) is 23.3. The Morgan fingerprint density at radius 2 is 1.56 bits per heavy atom. The third kappa shape index (κ3) is 13.5. The van der Waals surface area contributed by atoms with Crippen molar-refractivity contribution in [1.82, 2.24) is 25.2 Å². The van der Waals surface area contributed by atoms with E-state index in [2.05, 4.69) is 249 Å². The van der Waals surface area contributed by atoms with Gasteiger partial charge < -0.3 is 35.0 Å². The number of aromatic nitrogens is 3. The van der Waals surface area contributed by atoms with Gasteiger partial charge in [-0.15, -0.1) is 11.8 Å². The monoisotopic (exact) mass is 1420 g/mol. The fraction of sp³-hybridized carbons (Fsp3) is 0.353. The average Bonchev–Trinajstić information content (AvgIpc) is 1.58. The van der Waals surface area contributed by atoms with Crippen molar-refractivity contribution in [2.24, 2.45) is 29.1 Å². The Morgan fingerprint density at radius 1 is 0.814 bits per heavy atom. The van der Waals surface area contributed by atoms with E-state index in [-0.39, 0.29) is 71.5 Å². The Hall–Kier alpha value is -8.74. The molecule has 7 heterocycles. The van der Waals surface area contributed by atoms with Crippen molar-refractivity contribution in [3.63, 3.8) is 0 Å². The lowest BCUT2D eigenvalue weighted by molar-refractivity contribution is -0.438. The number of hydrogen-bond donors (Lipinski definition) is 5. The molecule has 1 fully saturated rings. The summed E-state index contributed by atoms with van der Waals surface area (Å²) in [5.74, 6) is 0.272. The number of amides is 1. The molecule has 528 valence electrons. The lowest BCUT2D eigenvalue weighted by Crippen LogP contribution is -2.28. The van der Waals surface area contributed by atoms with Gasteiger partial charge >= 0.3 is 0 Å². The molecule has 1 amide bonds. The van der Waals surface area contributed by atoms with E-state index in [4.69, 9.17) is 0 Å². The van der Waals surface area contributed by atoms with Crippen LogP contribution in [0.4, 0.5) is 11.4 Å². The van der Waals surface area contributed by atoms with Crippen LogP contribution in [-0.2, 0) is 30.2 Å². The second-order valence-electron chi connectivity index (χ2n) is 30.4. The number of hydrogen-bond acceptors (Lipinski definition) is 10. The Morgan fingerprint density at radius 3 is 2.31 bits per heavy atom. The molecule has 5 atom stereocenters. The standard InChI is InChI=1S/C85H93N7O7S3/c1-50(2)65-45-60-46-67-53(5)62(81(89-67)66-47-74(93)78-54(6)70(90-82(66)78)48-68-51(3)52(4)69(88-68)49-71(65)86-60)35-40-77(94)87-59-31-33-61(34-32-59)100-83-57(29-38-75-84(7,8)79-63-25-14-12-21-55(63)27-36-72(79)91(75)41-16-18-43-101(11,95)96)23-20-24-58(83)30-39-76-85(9,10)80-64-26-15-13-22-56(64)28-37-73(80)92(76)42-17-19-44-102(97,98)99/h12-15,20-34,36-39,45-46,48-50,53,56,62,64,83,86,88H,16-19,35,40-44,47H2,1-11H3,(H3-,87,89,90,93,94,97,98,99). The van der Waals surface area contributed by atoms with Gasteiger partial charge in [0.15, 0.2) is 11.5 Å². The van der Waals surface area contributed by atoms with Crippen molar-refractivity contribution in [2.75, 3.05) is 36.2 Å². The van der Waals surface area contributed by atoms with Crippen molar-refractivity contribution in [3.8, 4) is 0 Å². The number of allylic oxidation sites excluding steroid dienone is 17. The van der Waals surface area contributed by atoms with Gasteiger partial charge in [0, 0.05) is 157 Å². The second kappa shape index (κ2) is 27.5. The zero-order chi connectivity index (χ0) is 71.9. The largest absolute Gasteiger partial charge is 0.748 e. The molecule has 5 unspecified atom stereocenters.